The molecule has 0 saturated carbocycles. The van der Waals surface area contributed by atoms with Gasteiger partial charge < -0.3 is 10.6 Å². The van der Waals surface area contributed by atoms with Crippen LogP contribution in [0.2, 0.25) is 0 Å². The summed E-state index contributed by atoms with van der Waals surface area (Å²) in [7, 11) is 1.89. The molecule has 2 heterocycles. The molecule has 5 heteroatoms. The number of aromatic nitrogens is 2. The van der Waals surface area contributed by atoms with Gasteiger partial charge in [0.2, 0.25) is 5.91 Å². The molecule has 1 aromatic heterocycles. The first kappa shape index (κ1) is 13.1. The molecule has 18 heavy (non-hydrogen) atoms. The number of aryl methyl sites for hydroxylation is 1. The molecule has 1 aromatic rings. The third-order valence-corrected chi connectivity index (χ3v) is 3.52. The highest BCUT2D eigenvalue weighted by Crippen LogP contribution is 2.41. The van der Waals surface area contributed by atoms with Gasteiger partial charge in [-0.15, -0.1) is 0 Å². The largest absolute Gasteiger partial charge is 0.330 e. The number of nitrogens with zero attached hydrogens (tertiary/aromatic N) is 3. The van der Waals surface area contributed by atoms with Crippen LogP contribution < -0.4 is 5.73 Å². The molecule has 1 fully saturated rings. The number of rotatable bonds is 2. The van der Waals surface area contributed by atoms with Crippen LogP contribution in [0.3, 0.4) is 0 Å². The van der Waals surface area contributed by atoms with Gasteiger partial charge in [-0.2, -0.15) is 5.10 Å². The Bertz CT molecular complexity index is 446. The summed E-state index contributed by atoms with van der Waals surface area (Å²) in [5.74, 6) is 0.368. The van der Waals surface area contributed by atoms with Crippen molar-refractivity contribution >= 4 is 5.91 Å². The highest BCUT2D eigenvalue weighted by Gasteiger charge is 2.45. The van der Waals surface area contributed by atoms with Crippen molar-refractivity contribution in [3.05, 3.63) is 18.0 Å². The van der Waals surface area contributed by atoms with E-state index in [9.17, 15) is 4.79 Å². The molecule has 2 atom stereocenters. The van der Waals surface area contributed by atoms with Gasteiger partial charge in [0.1, 0.15) is 0 Å². The van der Waals surface area contributed by atoms with E-state index in [4.69, 9.17) is 5.73 Å². The number of carbonyl (C=O) groups excluding carboxylic acids is 1. The molecular formula is C13H22N4O. The van der Waals surface area contributed by atoms with E-state index in [-0.39, 0.29) is 23.4 Å². The summed E-state index contributed by atoms with van der Waals surface area (Å²) in [6.45, 7) is 6.71. The maximum Gasteiger partial charge on any atom is 0.223 e. The van der Waals surface area contributed by atoms with Gasteiger partial charge in [0.15, 0.2) is 0 Å². The summed E-state index contributed by atoms with van der Waals surface area (Å²) in [6, 6.07) is 0.0520. The molecular weight excluding hydrogens is 228 g/mol. The van der Waals surface area contributed by atoms with Crippen molar-refractivity contribution < 1.29 is 4.79 Å². The Labute approximate surface area is 108 Å². The molecule has 0 bridgehead atoms. The summed E-state index contributed by atoms with van der Waals surface area (Å²) in [6.07, 6.45) is 4.35. The van der Waals surface area contributed by atoms with E-state index >= 15 is 0 Å². The monoisotopic (exact) mass is 250 g/mol. The van der Waals surface area contributed by atoms with Crippen LogP contribution in [-0.2, 0) is 11.8 Å². The zero-order valence-electron chi connectivity index (χ0n) is 11.6. The lowest BCUT2D eigenvalue weighted by molar-refractivity contribution is -0.133. The molecule has 1 saturated heterocycles. The lowest BCUT2D eigenvalue weighted by atomic mass is 9.93. The summed E-state index contributed by atoms with van der Waals surface area (Å²) in [4.78, 5) is 14.2. The Morgan fingerprint density at radius 3 is 2.61 bits per heavy atom. The Balaban J connectivity index is 2.41. The Morgan fingerprint density at radius 1 is 1.50 bits per heavy atom. The van der Waals surface area contributed by atoms with Crippen LogP contribution in [0, 0.1) is 5.92 Å². The lowest BCUT2D eigenvalue weighted by Gasteiger charge is -2.38. The van der Waals surface area contributed by atoms with Crippen molar-refractivity contribution in [2.24, 2.45) is 18.7 Å². The van der Waals surface area contributed by atoms with Gasteiger partial charge in [-0.1, -0.05) is 0 Å². The van der Waals surface area contributed by atoms with Gasteiger partial charge in [0.05, 0.1) is 12.2 Å². The van der Waals surface area contributed by atoms with E-state index < -0.39 is 0 Å². The van der Waals surface area contributed by atoms with E-state index in [0.29, 0.717) is 13.0 Å². The second kappa shape index (κ2) is 4.39. The van der Waals surface area contributed by atoms with Crippen LogP contribution in [0.15, 0.2) is 12.4 Å². The minimum Gasteiger partial charge on any atom is -0.330 e. The molecule has 2 N–H and O–H groups in total. The number of carbonyl (C=O) groups is 1. The zero-order valence-corrected chi connectivity index (χ0v) is 11.6. The van der Waals surface area contributed by atoms with E-state index in [0.717, 1.165) is 5.56 Å². The predicted octanol–water partition coefficient (Wildman–Crippen LogP) is 1.07. The summed E-state index contributed by atoms with van der Waals surface area (Å²) >= 11 is 0. The molecule has 1 aliphatic rings. The number of hydrogen-bond acceptors (Lipinski definition) is 3. The van der Waals surface area contributed by atoms with Gasteiger partial charge >= 0.3 is 0 Å². The normalized spacial score (nSPS) is 24.9. The van der Waals surface area contributed by atoms with E-state index in [2.05, 4.69) is 25.9 Å². The lowest BCUT2D eigenvalue weighted by Crippen LogP contribution is -2.44. The predicted molar refractivity (Wildman–Crippen MR) is 69.7 cm³/mol. The van der Waals surface area contributed by atoms with Gasteiger partial charge in [0, 0.05) is 36.7 Å². The van der Waals surface area contributed by atoms with Gasteiger partial charge in [0.25, 0.3) is 0 Å². The fourth-order valence-corrected chi connectivity index (χ4v) is 2.82. The second-order valence-corrected chi connectivity index (χ2v) is 6.03. The Kier molecular flexibility index (Phi) is 3.19. The molecule has 0 radical (unpaired) electrons. The molecule has 0 spiro atoms. The topological polar surface area (TPSA) is 64.2 Å². The van der Waals surface area contributed by atoms with Gasteiger partial charge in [-0.25, -0.2) is 0 Å². The van der Waals surface area contributed by atoms with Crippen molar-refractivity contribution in [3.8, 4) is 0 Å². The number of likely N-dealkylation sites (tertiary alicyclic amines) is 1. The third kappa shape index (κ3) is 2.14. The highest BCUT2D eigenvalue weighted by molar-refractivity contribution is 5.80. The minimum atomic E-state index is -0.193. The maximum absolute atomic E-state index is 12.2. The van der Waals surface area contributed by atoms with Crippen LogP contribution in [0.4, 0.5) is 0 Å². The first-order chi connectivity index (χ1) is 8.34. The Morgan fingerprint density at radius 2 is 2.17 bits per heavy atom. The van der Waals surface area contributed by atoms with Crippen LogP contribution in [0.25, 0.3) is 0 Å². The van der Waals surface area contributed by atoms with Crippen molar-refractivity contribution in [1.29, 1.82) is 0 Å². The third-order valence-electron chi connectivity index (χ3n) is 3.52. The van der Waals surface area contributed by atoms with Gasteiger partial charge in [-0.3, -0.25) is 9.48 Å². The summed E-state index contributed by atoms with van der Waals surface area (Å²) in [5, 5.41) is 4.21. The van der Waals surface area contributed by atoms with Crippen molar-refractivity contribution in [2.75, 3.05) is 6.54 Å². The van der Waals surface area contributed by atoms with Gasteiger partial charge in [-0.05, 0) is 27.3 Å². The first-order valence-electron chi connectivity index (χ1n) is 6.35. The van der Waals surface area contributed by atoms with Crippen LogP contribution in [-0.4, -0.2) is 32.7 Å². The zero-order chi connectivity index (χ0) is 13.5. The van der Waals surface area contributed by atoms with Crippen molar-refractivity contribution in [1.82, 2.24) is 14.7 Å². The minimum absolute atomic E-state index is 0.0520. The maximum atomic E-state index is 12.2. The summed E-state index contributed by atoms with van der Waals surface area (Å²) < 4.78 is 1.77. The van der Waals surface area contributed by atoms with Crippen LogP contribution >= 0.6 is 0 Å². The molecule has 0 aliphatic carbocycles. The SMILES string of the molecule is Cn1cc(C2C(CN)CC(=O)N2C(C)(C)C)cn1. The number of nitrogens with two attached hydrogens (primary N) is 1. The first-order valence-corrected chi connectivity index (χ1v) is 6.35. The van der Waals surface area contributed by atoms with Crippen molar-refractivity contribution in [3.63, 3.8) is 0 Å². The molecule has 1 aliphatic heterocycles. The average Bonchev–Trinajstić information content (AvgIpc) is 2.80. The fraction of sp³-hybridized carbons (Fsp3) is 0.692. The van der Waals surface area contributed by atoms with Crippen LogP contribution in [0.5, 0.6) is 0 Å². The van der Waals surface area contributed by atoms with Crippen molar-refractivity contribution in [2.45, 2.75) is 38.8 Å². The van der Waals surface area contributed by atoms with E-state index in [1.807, 2.05) is 24.3 Å². The molecule has 2 rings (SSSR count). The quantitative estimate of drug-likeness (QED) is 0.854. The standard InChI is InChI=1S/C13H22N4O/c1-13(2,3)17-11(18)5-9(6-14)12(17)10-7-15-16(4)8-10/h7-9,12H,5-6,14H2,1-4H3. The van der Waals surface area contributed by atoms with E-state index in [1.165, 1.54) is 0 Å². The number of amides is 1. The number of hydrogen-bond donors (Lipinski definition) is 1. The second-order valence-electron chi connectivity index (χ2n) is 6.03. The molecule has 2 unspecified atom stereocenters. The molecule has 5 nitrogen and oxygen atoms in total. The summed E-state index contributed by atoms with van der Waals surface area (Å²) in [5.41, 5.74) is 6.71. The Hall–Kier alpha value is -1.36. The smallest absolute Gasteiger partial charge is 0.223 e. The van der Waals surface area contributed by atoms with Crippen LogP contribution in [0.1, 0.15) is 38.8 Å². The highest BCUT2D eigenvalue weighted by atomic mass is 16.2. The molecule has 100 valence electrons. The molecule has 1 amide bonds. The average molecular weight is 250 g/mol. The molecule has 0 aromatic carbocycles. The fourth-order valence-electron chi connectivity index (χ4n) is 2.82. The van der Waals surface area contributed by atoms with E-state index in [1.54, 1.807) is 4.68 Å².